The number of nitriles is 1. The van der Waals surface area contributed by atoms with Crippen molar-refractivity contribution in [2.75, 3.05) is 6.54 Å². The van der Waals surface area contributed by atoms with Gasteiger partial charge in [-0.1, -0.05) is 36.4 Å². The molecule has 2 aliphatic rings. The molecule has 5 heteroatoms. The maximum atomic E-state index is 11.0. The molecule has 24 heavy (non-hydrogen) atoms. The van der Waals surface area contributed by atoms with Crippen LogP contribution in [0.5, 0.6) is 0 Å². The lowest BCUT2D eigenvalue weighted by molar-refractivity contribution is -0.132. The third kappa shape index (κ3) is 3.28. The first-order valence-electron chi connectivity index (χ1n) is 7.76. The number of carbonyl (C=O) groups is 1. The number of carboxylic acids is 1. The second-order valence-corrected chi connectivity index (χ2v) is 5.76. The van der Waals surface area contributed by atoms with E-state index >= 15 is 0 Å². The summed E-state index contributed by atoms with van der Waals surface area (Å²) in [6.07, 6.45) is 7.49. The van der Waals surface area contributed by atoms with Crippen LogP contribution in [0.4, 0.5) is 0 Å². The summed E-state index contributed by atoms with van der Waals surface area (Å²) in [7, 11) is 0. The van der Waals surface area contributed by atoms with Gasteiger partial charge in [0.05, 0.1) is 23.3 Å². The zero-order valence-electron chi connectivity index (χ0n) is 13.0. The number of nitrogens with one attached hydrogen (secondary N) is 1. The second-order valence-electron chi connectivity index (χ2n) is 5.76. The maximum Gasteiger partial charge on any atom is 0.336 e. The summed E-state index contributed by atoms with van der Waals surface area (Å²) >= 11 is 0. The monoisotopic (exact) mass is 319 g/mol. The predicted molar refractivity (Wildman–Crippen MR) is 92.2 cm³/mol. The van der Waals surface area contributed by atoms with Crippen LogP contribution >= 0.6 is 0 Å². The van der Waals surface area contributed by atoms with Crippen LogP contribution in [0.1, 0.15) is 12.0 Å². The number of aliphatic imine (C=N–C) groups is 1. The quantitative estimate of drug-likeness (QED) is 0.896. The summed E-state index contributed by atoms with van der Waals surface area (Å²) in [5, 5.41) is 21.9. The first-order chi connectivity index (χ1) is 11.7. The molecule has 2 aliphatic heterocycles. The smallest absolute Gasteiger partial charge is 0.336 e. The molecule has 0 fully saturated rings. The molecule has 2 atom stereocenters. The summed E-state index contributed by atoms with van der Waals surface area (Å²) in [4.78, 5) is 15.3. The van der Waals surface area contributed by atoms with Crippen molar-refractivity contribution in [3.8, 4) is 6.07 Å². The van der Waals surface area contributed by atoms with Crippen LogP contribution in [0.3, 0.4) is 0 Å². The molecule has 0 saturated carbocycles. The van der Waals surface area contributed by atoms with Crippen LogP contribution in [0.15, 0.2) is 64.8 Å². The minimum Gasteiger partial charge on any atom is -0.478 e. The summed E-state index contributed by atoms with van der Waals surface area (Å²) < 4.78 is 0. The minimum absolute atomic E-state index is 0.0475. The zero-order valence-corrected chi connectivity index (χ0v) is 13.0. The van der Waals surface area contributed by atoms with E-state index < -0.39 is 5.97 Å². The van der Waals surface area contributed by atoms with E-state index in [0.717, 1.165) is 11.1 Å². The zero-order chi connectivity index (χ0) is 16.9. The Kier molecular flexibility index (Phi) is 4.57. The van der Waals surface area contributed by atoms with E-state index in [1.807, 2.05) is 42.6 Å². The lowest BCUT2D eigenvalue weighted by Crippen LogP contribution is -2.35. The first kappa shape index (κ1) is 15.8. The molecule has 0 bridgehead atoms. The molecule has 3 rings (SSSR count). The largest absolute Gasteiger partial charge is 0.478 e. The topological polar surface area (TPSA) is 85.5 Å². The molecule has 0 spiro atoms. The summed E-state index contributed by atoms with van der Waals surface area (Å²) in [6.45, 7) is 0.522. The molecule has 1 aromatic carbocycles. The van der Waals surface area contributed by atoms with Crippen molar-refractivity contribution >= 4 is 17.8 Å². The lowest BCUT2D eigenvalue weighted by Gasteiger charge is -2.27. The minimum atomic E-state index is -0.962. The number of allylic oxidation sites excluding steroid dienone is 3. The molecule has 2 unspecified atom stereocenters. The van der Waals surface area contributed by atoms with E-state index in [2.05, 4.69) is 16.4 Å². The highest BCUT2D eigenvalue weighted by Gasteiger charge is 2.24. The summed E-state index contributed by atoms with van der Waals surface area (Å²) in [6, 6.07) is 12.0. The molecule has 120 valence electrons. The highest BCUT2D eigenvalue weighted by atomic mass is 16.4. The standard InChI is InChI=1S/C19H17N3O2/c20-9-16-8-18(14-6-7-15(19(23)24)11-21-10-14)22-12-17(16)13-4-2-1-3-5-13/h1-5,7-8,11-12,14,18,22H,6,10H2,(H,23,24). The van der Waals surface area contributed by atoms with Crippen LogP contribution in [0.25, 0.3) is 5.57 Å². The van der Waals surface area contributed by atoms with Gasteiger partial charge in [0.2, 0.25) is 0 Å². The fourth-order valence-corrected chi connectivity index (χ4v) is 2.90. The van der Waals surface area contributed by atoms with E-state index in [0.29, 0.717) is 18.5 Å². The van der Waals surface area contributed by atoms with Crippen LogP contribution < -0.4 is 5.32 Å². The van der Waals surface area contributed by atoms with Gasteiger partial charge in [0.15, 0.2) is 0 Å². The van der Waals surface area contributed by atoms with Crippen molar-refractivity contribution in [3.63, 3.8) is 0 Å². The fourth-order valence-electron chi connectivity index (χ4n) is 2.90. The first-order valence-corrected chi connectivity index (χ1v) is 7.76. The third-order valence-corrected chi connectivity index (χ3v) is 4.23. The van der Waals surface area contributed by atoms with Crippen molar-refractivity contribution in [2.24, 2.45) is 10.9 Å². The van der Waals surface area contributed by atoms with Gasteiger partial charge in [-0.25, -0.2) is 4.79 Å². The Morgan fingerprint density at radius 1 is 1.33 bits per heavy atom. The van der Waals surface area contributed by atoms with Crippen molar-refractivity contribution in [1.82, 2.24) is 5.32 Å². The van der Waals surface area contributed by atoms with E-state index in [1.54, 1.807) is 6.08 Å². The number of benzene rings is 1. The SMILES string of the molecule is N#CC1=CC(C2CC=C(C(=O)O)C=NC2)NC=C1c1ccccc1. The Balaban J connectivity index is 1.80. The molecule has 0 amide bonds. The Morgan fingerprint density at radius 3 is 2.83 bits per heavy atom. The molecule has 2 heterocycles. The van der Waals surface area contributed by atoms with Crippen LogP contribution in [0.2, 0.25) is 0 Å². The van der Waals surface area contributed by atoms with Gasteiger partial charge in [-0.05, 0) is 18.1 Å². The van der Waals surface area contributed by atoms with Crippen molar-refractivity contribution in [1.29, 1.82) is 5.26 Å². The van der Waals surface area contributed by atoms with Gasteiger partial charge in [-0.3, -0.25) is 4.99 Å². The van der Waals surface area contributed by atoms with Gasteiger partial charge in [0.1, 0.15) is 0 Å². The Morgan fingerprint density at radius 2 is 2.12 bits per heavy atom. The van der Waals surface area contributed by atoms with Crippen LogP contribution in [-0.2, 0) is 4.79 Å². The average Bonchev–Trinajstić information content (AvgIpc) is 2.88. The Hall–Kier alpha value is -3.13. The van der Waals surface area contributed by atoms with Gasteiger partial charge in [0.25, 0.3) is 0 Å². The molecule has 5 nitrogen and oxygen atoms in total. The van der Waals surface area contributed by atoms with E-state index in [1.165, 1.54) is 6.21 Å². The van der Waals surface area contributed by atoms with Gasteiger partial charge >= 0.3 is 5.97 Å². The normalized spacial score (nSPS) is 23.0. The second kappa shape index (κ2) is 6.97. The van der Waals surface area contributed by atoms with E-state index in [9.17, 15) is 10.1 Å². The van der Waals surface area contributed by atoms with Crippen molar-refractivity contribution < 1.29 is 9.90 Å². The highest BCUT2D eigenvalue weighted by Crippen LogP contribution is 2.28. The van der Waals surface area contributed by atoms with Crippen LogP contribution in [-0.4, -0.2) is 29.9 Å². The Labute approximate surface area is 140 Å². The number of hydrogen-bond acceptors (Lipinski definition) is 4. The van der Waals surface area contributed by atoms with Gasteiger partial charge in [0, 0.05) is 30.5 Å². The molecule has 0 aliphatic carbocycles. The highest BCUT2D eigenvalue weighted by molar-refractivity contribution is 6.08. The molecule has 0 saturated heterocycles. The van der Waals surface area contributed by atoms with Gasteiger partial charge < -0.3 is 10.4 Å². The molecule has 0 radical (unpaired) electrons. The number of rotatable bonds is 3. The number of dihydropyridines is 1. The number of nitrogens with zero attached hydrogens (tertiary/aromatic N) is 2. The number of carboxylic acid groups (broad SMARTS) is 1. The van der Waals surface area contributed by atoms with E-state index in [-0.39, 0.29) is 17.5 Å². The van der Waals surface area contributed by atoms with Gasteiger partial charge in [-0.2, -0.15) is 5.26 Å². The summed E-state index contributed by atoms with van der Waals surface area (Å²) in [5.74, 6) is -0.856. The number of hydrogen-bond donors (Lipinski definition) is 2. The van der Waals surface area contributed by atoms with Crippen molar-refractivity contribution in [2.45, 2.75) is 12.5 Å². The molecular formula is C19H17N3O2. The predicted octanol–water partition coefficient (Wildman–Crippen LogP) is 2.55. The van der Waals surface area contributed by atoms with Crippen LogP contribution in [0, 0.1) is 17.2 Å². The number of aliphatic carboxylic acids is 1. The summed E-state index contributed by atoms with van der Waals surface area (Å²) in [5.41, 5.74) is 2.70. The van der Waals surface area contributed by atoms with E-state index in [4.69, 9.17) is 5.11 Å². The van der Waals surface area contributed by atoms with Gasteiger partial charge in [-0.15, -0.1) is 0 Å². The Bertz CT molecular complexity index is 798. The molecule has 2 N–H and O–H groups in total. The maximum absolute atomic E-state index is 11.0. The fraction of sp³-hybridized carbons (Fsp3) is 0.211. The third-order valence-electron chi connectivity index (χ3n) is 4.23. The molecule has 1 aromatic rings. The average molecular weight is 319 g/mol. The molecular weight excluding hydrogens is 302 g/mol. The van der Waals surface area contributed by atoms with Crippen molar-refractivity contribution in [3.05, 3.63) is 65.4 Å². The lowest BCUT2D eigenvalue weighted by atomic mass is 9.88. The molecule has 0 aromatic heterocycles.